The first-order valence-electron chi connectivity index (χ1n) is 9.06. The molecule has 2 aromatic heterocycles. The first-order valence-corrected chi connectivity index (χ1v) is 12.0. The molecular formula is C17H16N6O6S3. The topological polar surface area (TPSA) is 192 Å². The quantitative estimate of drug-likeness (QED) is 0.248. The van der Waals surface area contributed by atoms with Crippen molar-refractivity contribution >= 4 is 63.6 Å². The number of β-lactam (4-membered cyclic amide) rings is 1. The molecule has 12 nitrogen and oxygen atoms in total. The van der Waals surface area contributed by atoms with Gasteiger partial charge in [0.1, 0.15) is 17.1 Å². The molecule has 2 aliphatic rings. The summed E-state index contributed by atoms with van der Waals surface area (Å²) < 4.78 is 0. The Bertz CT molecular complexity index is 1140. The maximum atomic E-state index is 12.7. The third-order valence-electron chi connectivity index (χ3n) is 4.80. The zero-order valence-corrected chi connectivity index (χ0v) is 18.6. The minimum atomic E-state index is -1.27. The Balaban J connectivity index is 1.45. The fourth-order valence-electron chi connectivity index (χ4n) is 3.30. The molecule has 0 radical (unpaired) electrons. The van der Waals surface area contributed by atoms with Gasteiger partial charge in [-0.3, -0.25) is 14.5 Å². The monoisotopic (exact) mass is 496 g/mol. The average Bonchev–Trinajstić information content (AvgIpc) is 3.38. The van der Waals surface area contributed by atoms with E-state index in [-0.39, 0.29) is 34.5 Å². The fraction of sp³-hybridized carbons (Fsp3) is 0.294. The van der Waals surface area contributed by atoms with Crippen LogP contribution in [0.4, 0.5) is 5.00 Å². The minimum absolute atomic E-state index is 0.0314. The number of carboxylic acid groups (broad SMARTS) is 2. The van der Waals surface area contributed by atoms with Crippen LogP contribution in [-0.2, 0) is 20.8 Å². The third kappa shape index (κ3) is 4.05. The van der Waals surface area contributed by atoms with E-state index in [1.54, 1.807) is 11.4 Å². The molecule has 2 aliphatic heterocycles. The van der Waals surface area contributed by atoms with Crippen molar-refractivity contribution in [2.75, 3.05) is 17.2 Å². The Kier molecular flexibility index (Phi) is 6.12. The van der Waals surface area contributed by atoms with Crippen molar-refractivity contribution in [1.82, 2.24) is 25.6 Å². The molecule has 0 aromatic carbocycles. The highest BCUT2D eigenvalue weighted by Crippen LogP contribution is 2.41. The van der Waals surface area contributed by atoms with E-state index in [4.69, 9.17) is 10.8 Å². The van der Waals surface area contributed by atoms with Crippen LogP contribution >= 0.6 is 34.9 Å². The molecule has 2 atom stereocenters. The van der Waals surface area contributed by atoms with Gasteiger partial charge in [0, 0.05) is 11.5 Å². The molecule has 1 saturated heterocycles. The number of fused-ring (bicyclic) bond motifs is 1. The van der Waals surface area contributed by atoms with Crippen LogP contribution in [0.1, 0.15) is 16.1 Å². The lowest BCUT2D eigenvalue weighted by Gasteiger charge is -2.49. The van der Waals surface area contributed by atoms with E-state index in [0.29, 0.717) is 21.9 Å². The van der Waals surface area contributed by atoms with Gasteiger partial charge >= 0.3 is 11.9 Å². The molecule has 1 unspecified atom stereocenters. The van der Waals surface area contributed by atoms with Crippen molar-refractivity contribution < 1.29 is 29.4 Å². The molecule has 0 bridgehead atoms. The minimum Gasteiger partial charge on any atom is -0.477 e. The van der Waals surface area contributed by atoms with Crippen molar-refractivity contribution in [1.29, 1.82) is 0 Å². The predicted molar refractivity (Wildman–Crippen MR) is 116 cm³/mol. The second-order valence-corrected chi connectivity index (χ2v) is 9.79. The number of carbonyl (C=O) groups is 4. The number of hydrogen-bond acceptors (Lipinski definition) is 10. The SMILES string of the molecule is Nc1sccc1CC(=O)NC1C(=O)N2C(C(=O)O)=C(CSc3n[nH]nc3C(=O)O)CS[C@@H]12. The average molecular weight is 497 g/mol. The Hall–Kier alpha value is -3.04. The van der Waals surface area contributed by atoms with Gasteiger partial charge in [-0.15, -0.1) is 33.3 Å². The number of rotatable bonds is 8. The Morgan fingerprint density at radius 2 is 2.09 bits per heavy atom. The number of carboxylic acids is 2. The molecule has 1 fully saturated rings. The summed E-state index contributed by atoms with van der Waals surface area (Å²) in [5.74, 6) is -3.00. The Labute approximate surface area is 192 Å². The molecule has 2 aromatic rings. The Morgan fingerprint density at radius 3 is 2.75 bits per heavy atom. The highest BCUT2D eigenvalue weighted by Gasteiger charge is 2.54. The smallest absolute Gasteiger partial charge is 0.359 e. The van der Waals surface area contributed by atoms with Crippen LogP contribution in [0.25, 0.3) is 0 Å². The van der Waals surface area contributed by atoms with Gasteiger partial charge < -0.3 is 21.3 Å². The van der Waals surface area contributed by atoms with Gasteiger partial charge in [-0.2, -0.15) is 5.21 Å². The number of nitrogens with one attached hydrogen (secondary N) is 2. The lowest BCUT2D eigenvalue weighted by molar-refractivity contribution is -0.150. The number of hydrogen-bond donors (Lipinski definition) is 5. The number of thioether (sulfide) groups is 2. The van der Waals surface area contributed by atoms with E-state index in [0.717, 1.165) is 16.7 Å². The molecule has 0 saturated carbocycles. The van der Waals surface area contributed by atoms with Crippen molar-refractivity contribution in [3.8, 4) is 0 Å². The van der Waals surface area contributed by atoms with E-state index in [9.17, 15) is 24.3 Å². The van der Waals surface area contributed by atoms with Crippen LogP contribution in [0.15, 0.2) is 27.7 Å². The lowest BCUT2D eigenvalue weighted by Crippen LogP contribution is -2.70. The van der Waals surface area contributed by atoms with Crippen LogP contribution in [0.2, 0.25) is 0 Å². The van der Waals surface area contributed by atoms with Gasteiger partial charge in [0.15, 0.2) is 5.03 Å². The summed E-state index contributed by atoms with van der Waals surface area (Å²) in [5, 5.41) is 32.9. The van der Waals surface area contributed by atoms with Crippen LogP contribution in [0.5, 0.6) is 0 Å². The molecule has 0 spiro atoms. The van der Waals surface area contributed by atoms with Crippen molar-refractivity contribution in [3.05, 3.63) is 34.0 Å². The van der Waals surface area contributed by atoms with E-state index in [1.165, 1.54) is 23.1 Å². The highest BCUT2D eigenvalue weighted by molar-refractivity contribution is 8.01. The van der Waals surface area contributed by atoms with Gasteiger partial charge in [-0.25, -0.2) is 9.59 Å². The largest absolute Gasteiger partial charge is 0.477 e. The molecule has 2 amide bonds. The van der Waals surface area contributed by atoms with Gasteiger partial charge in [0.25, 0.3) is 5.91 Å². The van der Waals surface area contributed by atoms with Crippen molar-refractivity contribution in [2.45, 2.75) is 22.9 Å². The maximum absolute atomic E-state index is 12.7. The van der Waals surface area contributed by atoms with Crippen LogP contribution in [0, 0.1) is 0 Å². The number of amides is 2. The number of nitrogen functional groups attached to an aromatic ring is 1. The van der Waals surface area contributed by atoms with E-state index in [1.807, 2.05) is 0 Å². The summed E-state index contributed by atoms with van der Waals surface area (Å²) in [4.78, 5) is 49.3. The fourth-order valence-corrected chi connectivity index (χ4v) is 6.37. The number of carbonyl (C=O) groups excluding carboxylic acids is 2. The van der Waals surface area contributed by atoms with Crippen LogP contribution in [0.3, 0.4) is 0 Å². The van der Waals surface area contributed by atoms with E-state index in [2.05, 4.69) is 20.7 Å². The standard InChI is InChI=1S/C17H16N6O6S3/c18-12-6(1-2-30-12)3-8(24)19-10-14(25)23-11(17(28)29)7(5-32-15(10)23)4-31-13-9(16(26)27)20-22-21-13/h1-2,10,15H,3-5,18H2,(H,19,24)(H,26,27)(H,28,29)(H,20,21,22)/t10?,15-/m0/s1. The molecular weight excluding hydrogens is 480 g/mol. The maximum Gasteiger partial charge on any atom is 0.359 e. The van der Waals surface area contributed by atoms with Crippen molar-refractivity contribution in [3.63, 3.8) is 0 Å². The number of anilines is 1. The van der Waals surface area contributed by atoms with Gasteiger partial charge in [-0.1, -0.05) is 11.8 Å². The number of aromatic carboxylic acids is 1. The first kappa shape index (κ1) is 22.2. The van der Waals surface area contributed by atoms with Gasteiger partial charge in [-0.05, 0) is 22.6 Å². The second-order valence-electron chi connectivity index (χ2n) is 6.77. The normalized spacial score (nSPS) is 20.0. The lowest BCUT2D eigenvalue weighted by atomic mass is 10.0. The molecule has 0 aliphatic carbocycles. The van der Waals surface area contributed by atoms with Crippen LogP contribution < -0.4 is 11.1 Å². The van der Waals surface area contributed by atoms with Crippen LogP contribution in [-0.4, -0.2) is 77.2 Å². The van der Waals surface area contributed by atoms with E-state index >= 15 is 0 Å². The molecule has 4 heterocycles. The summed E-state index contributed by atoms with van der Waals surface area (Å²) in [7, 11) is 0. The summed E-state index contributed by atoms with van der Waals surface area (Å²) in [6.45, 7) is 0. The number of thiophene rings is 1. The van der Waals surface area contributed by atoms with E-state index < -0.39 is 29.3 Å². The summed E-state index contributed by atoms with van der Waals surface area (Å²) >= 11 is 3.66. The van der Waals surface area contributed by atoms with Crippen molar-refractivity contribution in [2.24, 2.45) is 0 Å². The summed E-state index contributed by atoms with van der Waals surface area (Å²) in [6, 6.07) is 0.911. The summed E-state index contributed by atoms with van der Waals surface area (Å²) in [6.07, 6.45) is 0.0314. The number of aliphatic carboxylic acids is 1. The van der Waals surface area contributed by atoms with Gasteiger partial charge in [0.2, 0.25) is 11.6 Å². The zero-order chi connectivity index (χ0) is 23.0. The molecule has 15 heteroatoms. The summed E-state index contributed by atoms with van der Waals surface area (Å²) in [5.41, 5.74) is 6.51. The molecule has 168 valence electrons. The number of aromatic nitrogens is 3. The second kappa shape index (κ2) is 8.84. The molecule has 32 heavy (non-hydrogen) atoms. The third-order valence-corrected chi connectivity index (χ3v) is 7.98. The zero-order valence-electron chi connectivity index (χ0n) is 16.1. The number of nitrogens with two attached hydrogens (primary N) is 1. The number of nitrogens with zero attached hydrogens (tertiary/aromatic N) is 3. The van der Waals surface area contributed by atoms with Gasteiger partial charge in [0.05, 0.1) is 11.4 Å². The molecule has 6 N–H and O–H groups in total. The number of H-pyrrole nitrogens is 1. The first-order chi connectivity index (χ1) is 15.3. The number of aromatic amines is 1. The molecule has 4 rings (SSSR count). The predicted octanol–water partition coefficient (Wildman–Crippen LogP) is 0.220. The highest BCUT2D eigenvalue weighted by atomic mass is 32.2. The Morgan fingerprint density at radius 1 is 1.31 bits per heavy atom.